The summed E-state index contributed by atoms with van der Waals surface area (Å²) in [7, 11) is 1.61. The maximum Gasteiger partial charge on any atom is 0.329 e. The summed E-state index contributed by atoms with van der Waals surface area (Å²) in [4.78, 5) is 25.0. The number of aromatic nitrogens is 2. The van der Waals surface area contributed by atoms with Gasteiger partial charge in [-0.2, -0.15) is 5.10 Å². The summed E-state index contributed by atoms with van der Waals surface area (Å²) in [6, 6.07) is -0.421. The third-order valence-corrected chi connectivity index (χ3v) is 3.42. The standard InChI is InChI=1S/C12H18N4O4/c1-16(8-9-6-13-14-7-9)11(19)15-12(10(17)18)2-4-20-5-3-12/h6-7H,2-5,8H2,1H3,(H,13,14)(H,15,19)(H,17,18). The van der Waals surface area contributed by atoms with Gasteiger partial charge in [-0.25, -0.2) is 9.59 Å². The molecule has 0 atom stereocenters. The summed E-state index contributed by atoms with van der Waals surface area (Å²) < 4.78 is 5.16. The number of aromatic amines is 1. The van der Waals surface area contributed by atoms with E-state index in [1.54, 1.807) is 19.4 Å². The van der Waals surface area contributed by atoms with Gasteiger partial charge >= 0.3 is 12.0 Å². The average molecular weight is 282 g/mol. The van der Waals surface area contributed by atoms with Gasteiger partial charge in [0.15, 0.2) is 0 Å². The van der Waals surface area contributed by atoms with Crippen molar-refractivity contribution >= 4 is 12.0 Å². The predicted octanol–water partition coefficient (Wildman–Crippen LogP) is 0.185. The Kier molecular flexibility index (Phi) is 4.23. The number of hydrogen-bond acceptors (Lipinski definition) is 4. The zero-order valence-corrected chi connectivity index (χ0v) is 11.3. The number of nitrogens with one attached hydrogen (secondary N) is 2. The van der Waals surface area contributed by atoms with E-state index in [0.29, 0.717) is 19.8 Å². The summed E-state index contributed by atoms with van der Waals surface area (Å²) >= 11 is 0. The zero-order valence-electron chi connectivity index (χ0n) is 11.3. The second-order valence-corrected chi connectivity index (χ2v) is 4.89. The molecule has 0 aliphatic carbocycles. The fourth-order valence-electron chi connectivity index (χ4n) is 2.12. The van der Waals surface area contributed by atoms with Gasteiger partial charge < -0.3 is 20.1 Å². The van der Waals surface area contributed by atoms with E-state index in [2.05, 4.69) is 15.5 Å². The highest BCUT2D eigenvalue weighted by atomic mass is 16.5. The van der Waals surface area contributed by atoms with Crippen molar-refractivity contribution in [1.29, 1.82) is 0 Å². The van der Waals surface area contributed by atoms with Crippen molar-refractivity contribution in [3.05, 3.63) is 18.0 Å². The monoisotopic (exact) mass is 282 g/mol. The Balaban J connectivity index is 1.99. The number of carboxylic acid groups (broad SMARTS) is 1. The lowest BCUT2D eigenvalue weighted by Crippen LogP contribution is -2.59. The first-order chi connectivity index (χ1) is 9.53. The summed E-state index contributed by atoms with van der Waals surface area (Å²) in [5.74, 6) is -1.02. The molecule has 0 unspecified atom stereocenters. The lowest BCUT2D eigenvalue weighted by molar-refractivity contribution is -0.148. The van der Waals surface area contributed by atoms with Crippen molar-refractivity contribution in [2.75, 3.05) is 20.3 Å². The molecule has 0 bridgehead atoms. The number of H-pyrrole nitrogens is 1. The van der Waals surface area contributed by atoms with Gasteiger partial charge in [-0.3, -0.25) is 5.10 Å². The fourth-order valence-corrected chi connectivity index (χ4v) is 2.12. The van der Waals surface area contributed by atoms with Crippen molar-refractivity contribution in [2.45, 2.75) is 24.9 Å². The van der Waals surface area contributed by atoms with Gasteiger partial charge in [-0.05, 0) is 0 Å². The summed E-state index contributed by atoms with van der Waals surface area (Å²) in [5, 5.41) is 18.5. The Morgan fingerprint density at radius 2 is 2.25 bits per heavy atom. The number of aliphatic carboxylic acids is 1. The van der Waals surface area contributed by atoms with Crippen LogP contribution < -0.4 is 5.32 Å². The topological polar surface area (TPSA) is 108 Å². The largest absolute Gasteiger partial charge is 0.480 e. The fraction of sp³-hybridized carbons (Fsp3) is 0.583. The van der Waals surface area contributed by atoms with Crippen LogP contribution in [-0.2, 0) is 16.1 Å². The van der Waals surface area contributed by atoms with Crippen molar-refractivity contribution < 1.29 is 19.4 Å². The molecule has 1 aliphatic heterocycles. The third kappa shape index (κ3) is 3.08. The van der Waals surface area contributed by atoms with E-state index in [1.807, 2.05) is 0 Å². The van der Waals surface area contributed by atoms with Gasteiger partial charge in [0.2, 0.25) is 0 Å². The number of carbonyl (C=O) groups excluding carboxylic acids is 1. The Hall–Kier alpha value is -2.09. The Morgan fingerprint density at radius 1 is 1.55 bits per heavy atom. The lowest BCUT2D eigenvalue weighted by Gasteiger charge is -2.35. The van der Waals surface area contributed by atoms with E-state index in [4.69, 9.17) is 4.74 Å². The molecule has 8 nitrogen and oxygen atoms in total. The van der Waals surface area contributed by atoms with Crippen LogP contribution in [0.1, 0.15) is 18.4 Å². The molecule has 0 radical (unpaired) electrons. The van der Waals surface area contributed by atoms with Gasteiger partial charge in [0.25, 0.3) is 0 Å². The minimum atomic E-state index is -1.24. The summed E-state index contributed by atoms with van der Waals surface area (Å²) in [6.45, 7) is 1.02. The van der Waals surface area contributed by atoms with Crippen LogP contribution in [0.15, 0.2) is 12.4 Å². The second kappa shape index (κ2) is 5.91. The second-order valence-electron chi connectivity index (χ2n) is 4.89. The number of rotatable bonds is 4. The van der Waals surface area contributed by atoms with Gasteiger partial charge in [0.05, 0.1) is 12.7 Å². The Labute approximate surface area is 116 Å². The first-order valence-corrected chi connectivity index (χ1v) is 6.35. The van der Waals surface area contributed by atoms with E-state index < -0.39 is 17.5 Å². The van der Waals surface area contributed by atoms with Crippen molar-refractivity contribution in [2.24, 2.45) is 0 Å². The van der Waals surface area contributed by atoms with E-state index >= 15 is 0 Å². The minimum absolute atomic E-state index is 0.271. The molecule has 2 rings (SSSR count). The van der Waals surface area contributed by atoms with Crippen LogP contribution in [-0.4, -0.2) is 58.0 Å². The minimum Gasteiger partial charge on any atom is -0.480 e. The van der Waals surface area contributed by atoms with Crippen LogP contribution in [0.2, 0.25) is 0 Å². The van der Waals surface area contributed by atoms with Crippen LogP contribution in [0, 0.1) is 0 Å². The zero-order chi connectivity index (χ0) is 14.6. The molecule has 1 aliphatic rings. The van der Waals surface area contributed by atoms with Gasteiger partial charge in [0, 0.05) is 44.9 Å². The Morgan fingerprint density at radius 3 is 2.80 bits per heavy atom. The quantitative estimate of drug-likeness (QED) is 0.730. The first kappa shape index (κ1) is 14.3. The van der Waals surface area contributed by atoms with Crippen molar-refractivity contribution in [3.63, 3.8) is 0 Å². The molecular formula is C12H18N4O4. The first-order valence-electron chi connectivity index (χ1n) is 6.35. The van der Waals surface area contributed by atoms with E-state index in [-0.39, 0.29) is 12.8 Å². The van der Waals surface area contributed by atoms with Crippen LogP contribution >= 0.6 is 0 Å². The molecular weight excluding hydrogens is 264 g/mol. The number of ether oxygens (including phenoxy) is 1. The van der Waals surface area contributed by atoms with E-state index in [0.717, 1.165) is 5.56 Å². The highest BCUT2D eigenvalue weighted by Crippen LogP contribution is 2.21. The number of carboxylic acids is 1. The average Bonchev–Trinajstić information content (AvgIpc) is 2.92. The number of urea groups is 1. The van der Waals surface area contributed by atoms with Gasteiger partial charge in [0.1, 0.15) is 5.54 Å². The number of nitrogens with zero attached hydrogens (tertiary/aromatic N) is 2. The van der Waals surface area contributed by atoms with Gasteiger partial charge in [-0.1, -0.05) is 0 Å². The summed E-state index contributed by atoms with van der Waals surface area (Å²) in [6.07, 6.45) is 3.84. The molecule has 1 fully saturated rings. The molecule has 110 valence electrons. The molecule has 0 spiro atoms. The molecule has 0 saturated carbocycles. The molecule has 0 aromatic carbocycles. The molecule has 1 aromatic heterocycles. The highest BCUT2D eigenvalue weighted by molar-refractivity contribution is 5.86. The molecule has 2 amide bonds. The maximum absolute atomic E-state index is 12.1. The van der Waals surface area contributed by atoms with Crippen LogP contribution in [0.25, 0.3) is 0 Å². The summed E-state index contributed by atoms with van der Waals surface area (Å²) in [5.41, 5.74) is -0.390. The Bertz CT molecular complexity index is 468. The SMILES string of the molecule is CN(Cc1cn[nH]c1)C(=O)NC1(C(=O)O)CCOCC1. The number of hydrogen-bond donors (Lipinski definition) is 3. The van der Waals surface area contributed by atoms with E-state index in [1.165, 1.54) is 4.90 Å². The van der Waals surface area contributed by atoms with Crippen molar-refractivity contribution in [1.82, 2.24) is 20.4 Å². The molecule has 8 heteroatoms. The molecule has 20 heavy (non-hydrogen) atoms. The van der Waals surface area contributed by atoms with Gasteiger partial charge in [-0.15, -0.1) is 0 Å². The predicted molar refractivity (Wildman–Crippen MR) is 69.0 cm³/mol. The maximum atomic E-state index is 12.1. The number of carbonyl (C=O) groups is 2. The smallest absolute Gasteiger partial charge is 0.329 e. The molecule has 1 aromatic rings. The molecule has 3 N–H and O–H groups in total. The van der Waals surface area contributed by atoms with Crippen molar-refractivity contribution in [3.8, 4) is 0 Å². The highest BCUT2D eigenvalue weighted by Gasteiger charge is 2.42. The molecule has 2 heterocycles. The van der Waals surface area contributed by atoms with E-state index in [9.17, 15) is 14.7 Å². The number of amides is 2. The normalized spacial score (nSPS) is 17.4. The van der Waals surface area contributed by atoms with Crippen LogP contribution in [0.5, 0.6) is 0 Å². The molecule has 1 saturated heterocycles. The lowest BCUT2D eigenvalue weighted by atomic mass is 9.90. The van der Waals surface area contributed by atoms with Crippen LogP contribution in [0.3, 0.4) is 0 Å². The van der Waals surface area contributed by atoms with Crippen LogP contribution in [0.4, 0.5) is 4.79 Å². The third-order valence-electron chi connectivity index (χ3n) is 3.42.